The zero-order valence-corrected chi connectivity index (χ0v) is 13.0. The molecule has 2 rings (SSSR count). The van der Waals surface area contributed by atoms with Gasteiger partial charge in [-0.25, -0.2) is 0 Å². The van der Waals surface area contributed by atoms with Crippen LogP contribution in [0.4, 0.5) is 0 Å². The number of hydrogen-bond acceptors (Lipinski definition) is 2. The summed E-state index contributed by atoms with van der Waals surface area (Å²) in [7, 11) is 0. The molecule has 0 bridgehead atoms. The van der Waals surface area contributed by atoms with E-state index in [1.165, 1.54) is 0 Å². The minimum Gasteiger partial charge on any atom is -0.334 e. The molecule has 3 nitrogen and oxygen atoms in total. The van der Waals surface area contributed by atoms with Crippen molar-refractivity contribution in [3.8, 4) is 0 Å². The molecule has 1 aromatic rings. The summed E-state index contributed by atoms with van der Waals surface area (Å²) in [5.41, 5.74) is 0.977. The van der Waals surface area contributed by atoms with E-state index in [4.69, 9.17) is 0 Å². The molecule has 1 atom stereocenters. The number of amides is 1. The summed E-state index contributed by atoms with van der Waals surface area (Å²) in [5, 5.41) is 3.56. The van der Waals surface area contributed by atoms with Crippen molar-refractivity contribution in [1.82, 2.24) is 10.2 Å². The van der Waals surface area contributed by atoms with Crippen molar-refractivity contribution in [2.45, 2.75) is 45.7 Å². The van der Waals surface area contributed by atoms with Gasteiger partial charge in [-0.2, -0.15) is 0 Å². The van der Waals surface area contributed by atoms with Crippen molar-refractivity contribution in [2.75, 3.05) is 13.1 Å². The SMILES string of the molecule is CC(C)C1CN(C(=O)Cc2ccccc2)C(C)(C)CN1. The molecule has 3 heteroatoms. The smallest absolute Gasteiger partial charge is 0.227 e. The van der Waals surface area contributed by atoms with Crippen molar-refractivity contribution < 1.29 is 4.79 Å². The summed E-state index contributed by atoms with van der Waals surface area (Å²) in [6, 6.07) is 10.4. The third kappa shape index (κ3) is 3.40. The Balaban J connectivity index is 2.09. The number of carbonyl (C=O) groups is 1. The lowest BCUT2D eigenvalue weighted by atomic mass is 9.92. The number of rotatable bonds is 3. The van der Waals surface area contributed by atoms with Crippen LogP contribution in [0.2, 0.25) is 0 Å². The van der Waals surface area contributed by atoms with Gasteiger partial charge in [0.2, 0.25) is 5.91 Å². The fourth-order valence-electron chi connectivity index (χ4n) is 2.74. The number of piperazine rings is 1. The van der Waals surface area contributed by atoms with Crippen LogP contribution in [0, 0.1) is 5.92 Å². The second kappa shape index (κ2) is 5.96. The largest absolute Gasteiger partial charge is 0.334 e. The molecule has 1 aromatic carbocycles. The lowest BCUT2D eigenvalue weighted by molar-refractivity contribution is -0.138. The van der Waals surface area contributed by atoms with Crippen molar-refractivity contribution >= 4 is 5.91 Å². The summed E-state index contributed by atoms with van der Waals surface area (Å²) >= 11 is 0. The molecule has 1 amide bonds. The van der Waals surface area contributed by atoms with Crippen LogP contribution in [0.15, 0.2) is 30.3 Å². The van der Waals surface area contributed by atoms with Crippen LogP contribution in [-0.4, -0.2) is 35.5 Å². The van der Waals surface area contributed by atoms with E-state index in [0.29, 0.717) is 18.4 Å². The van der Waals surface area contributed by atoms with Gasteiger partial charge >= 0.3 is 0 Å². The summed E-state index contributed by atoms with van der Waals surface area (Å²) < 4.78 is 0. The molecule has 1 fully saturated rings. The fourth-order valence-corrected chi connectivity index (χ4v) is 2.74. The lowest BCUT2D eigenvalue weighted by Crippen LogP contribution is -2.64. The van der Waals surface area contributed by atoms with E-state index in [1.54, 1.807) is 0 Å². The molecule has 0 spiro atoms. The number of hydrogen-bond donors (Lipinski definition) is 1. The van der Waals surface area contributed by atoms with Crippen LogP contribution in [0.3, 0.4) is 0 Å². The van der Waals surface area contributed by atoms with Crippen molar-refractivity contribution in [3.63, 3.8) is 0 Å². The standard InChI is InChI=1S/C17H26N2O/c1-13(2)15-11-19(17(3,4)12-18-15)16(20)10-14-8-6-5-7-9-14/h5-9,13,15,18H,10-12H2,1-4H3. The van der Waals surface area contributed by atoms with Crippen LogP contribution in [0.1, 0.15) is 33.3 Å². The van der Waals surface area contributed by atoms with E-state index in [9.17, 15) is 4.79 Å². The Kier molecular flexibility index (Phi) is 4.48. The van der Waals surface area contributed by atoms with E-state index in [1.807, 2.05) is 30.3 Å². The number of nitrogens with zero attached hydrogens (tertiary/aromatic N) is 1. The van der Waals surface area contributed by atoms with Gasteiger partial charge < -0.3 is 10.2 Å². The van der Waals surface area contributed by atoms with Crippen LogP contribution in [0.25, 0.3) is 0 Å². The Bertz CT molecular complexity index is 453. The first-order valence-corrected chi connectivity index (χ1v) is 7.48. The molecule has 0 aliphatic carbocycles. The Morgan fingerprint density at radius 2 is 2.00 bits per heavy atom. The highest BCUT2D eigenvalue weighted by Crippen LogP contribution is 2.22. The van der Waals surface area contributed by atoms with Gasteiger partial charge in [0.05, 0.1) is 6.42 Å². The molecule has 1 heterocycles. The maximum atomic E-state index is 12.6. The zero-order valence-electron chi connectivity index (χ0n) is 13.0. The number of carbonyl (C=O) groups excluding carboxylic acids is 1. The Hall–Kier alpha value is -1.35. The predicted octanol–water partition coefficient (Wildman–Crippen LogP) is 2.46. The Morgan fingerprint density at radius 1 is 1.35 bits per heavy atom. The molecule has 1 N–H and O–H groups in total. The summed E-state index contributed by atoms with van der Waals surface area (Å²) in [6.07, 6.45) is 0.495. The monoisotopic (exact) mass is 274 g/mol. The lowest BCUT2D eigenvalue weighted by Gasteiger charge is -2.47. The summed E-state index contributed by atoms with van der Waals surface area (Å²) in [4.78, 5) is 14.7. The molecule has 110 valence electrons. The highest BCUT2D eigenvalue weighted by atomic mass is 16.2. The van der Waals surface area contributed by atoms with E-state index in [0.717, 1.165) is 18.7 Å². The molecule has 1 aliphatic rings. The molecule has 0 radical (unpaired) electrons. The second-order valence-corrected chi connectivity index (χ2v) is 6.71. The average molecular weight is 274 g/mol. The number of nitrogens with one attached hydrogen (secondary N) is 1. The third-order valence-electron chi connectivity index (χ3n) is 4.21. The first-order chi connectivity index (χ1) is 9.40. The third-order valence-corrected chi connectivity index (χ3v) is 4.21. The normalized spacial score (nSPS) is 22.1. The van der Waals surface area contributed by atoms with Gasteiger partial charge in [-0.3, -0.25) is 4.79 Å². The van der Waals surface area contributed by atoms with E-state index < -0.39 is 0 Å². The van der Waals surface area contributed by atoms with Gasteiger partial charge in [0, 0.05) is 24.7 Å². The maximum Gasteiger partial charge on any atom is 0.227 e. The Morgan fingerprint density at radius 3 is 2.60 bits per heavy atom. The molecule has 0 saturated carbocycles. The van der Waals surface area contributed by atoms with Gasteiger partial charge in [-0.1, -0.05) is 44.2 Å². The molecule has 1 aliphatic heterocycles. The van der Waals surface area contributed by atoms with Gasteiger partial charge in [-0.15, -0.1) is 0 Å². The van der Waals surface area contributed by atoms with E-state index >= 15 is 0 Å². The van der Waals surface area contributed by atoms with Crippen molar-refractivity contribution in [3.05, 3.63) is 35.9 Å². The molecular weight excluding hydrogens is 248 g/mol. The van der Waals surface area contributed by atoms with Gasteiger partial charge in [-0.05, 0) is 25.3 Å². The number of benzene rings is 1. The minimum absolute atomic E-state index is 0.114. The van der Waals surface area contributed by atoms with Gasteiger partial charge in [0.25, 0.3) is 0 Å². The zero-order chi connectivity index (χ0) is 14.8. The molecular formula is C17H26N2O. The van der Waals surface area contributed by atoms with Gasteiger partial charge in [0.15, 0.2) is 0 Å². The molecule has 1 saturated heterocycles. The van der Waals surface area contributed by atoms with Crippen molar-refractivity contribution in [2.24, 2.45) is 5.92 Å². The highest BCUT2D eigenvalue weighted by Gasteiger charge is 2.37. The van der Waals surface area contributed by atoms with Crippen LogP contribution < -0.4 is 5.32 Å². The van der Waals surface area contributed by atoms with Crippen LogP contribution >= 0.6 is 0 Å². The molecule has 1 unspecified atom stereocenters. The first kappa shape index (κ1) is 15.0. The topological polar surface area (TPSA) is 32.3 Å². The van der Waals surface area contributed by atoms with Gasteiger partial charge in [0.1, 0.15) is 0 Å². The second-order valence-electron chi connectivity index (χ2n) is 6.71. The summed E-state index contributed by atoms with van der Waals surface area (Å²) in [5.74, 6) is 0.770. The van der Waals surface area contributed by atoms with Crippen LogP contribution in [-0.2, 0) is 11.2 Å². The molecule has 20 heavy (non-hydrogen) atoms. The Labute approximate surface area is 122 Å². The average Bonchev–Trinajstić information content (AvgIpc) is 2.39. The molecule has 0 aromatic heterocycles. The van der Waals surface area contributed by atoms with Crippen molar-refractivity contribution in [1.29, 1.82) is 0 Å². The quantitative estimate of drug-likeness (QED) is 0.918. The minimum atomic E-state index is -0.114. The maximum absolute atomic E-state index is 12.6. The predicted molar refractivity (Wildman–Crippen MR) is 82.6 cm³/mol. The van der Waals surface area contributed by atoms with Crippen LogP contribution in [0.5, 0.6) is 0 Å². The van der Waals surface area contributed by atoms with E-state index in [2.05, 4.69) is 37.9 Å². The summed E-state index contributed by atoms with van der Waals surface area (Å²) in [6.45, 7) is 10.3. The van der Waals surface area contributed by atoms with E-state index in [-0.39, 0.29) is 11.4 Å². The fraction of sp³-hybridized carbons (Fsp3) is 0.588. The highest BCUT2D eigenvalue weighted by molar-refractivity contribution is 5.79. The first-order valence-electron chi connectivity index (χ1n) is 7.48.